The summed E-state index contributed by atoms with van der Waals surface area (Å²) in [5.41, 5.74) is 6.48. The van der Waals surface area contributed by atoms with Crippen LogP contribution in [0, 0.1) is 5.41 Å². The van der Waals surface area contributed by atoms with Gasteiger partial charge in [0.05, 0.1) is 0 Å². The van der Waals surface area contributed by atoms with Crippen LogP contribution in [0.25, 0.3) is 0 Å². The summed E-state index contributed by atoms with van der Waals surface area (Å²) in [7, 11) is 0. The molecule has 0 radical (unpaired) electrons. The van der Waals surface area contributed by atoms with Gasteiger partial charge in [0.15, 0.2) is 0 Å². The Morgan fingerprint density at radius 1 is 0.882 bits per heavy atom. The van der Waals surface area contributed by atoms with Crippen LogP contribution in [-0.2, 0) is 0 Å². The first-order valence-electron chi connectivity index (χ1n) is 7.78. The first-order chi connectivity index (χ1) is 8.35. The summed E-state index contributed by atoms with van der Waals surface area (Å²) in [6, 6.07) is 0.780. The van der Waals surface area contributed by atoms with Crippen molar-refractivity contribution in [3.05, 3.63) is 0 Å². The monoisotopic (exact) mass is 238 g/mol. The second-order valence-corrected chi connectivity index (χ2v) is 6.33. The molecule has 0 saturated heterocycles. The van der Waals surface area contributed by atoms with E-state index < -0.39 is 0 Å². The van der Waals surface area contributed by atoms with Gasteiger partial charge >= 0.3 is 0 Å². The summed E-state index contributed by atoms with van der Waals surface area (Å²) in [5, 5.41) is 3.84. The number of nitrogens with one attached hydrogen (secondary N) is 1. The molecule has 0 aromatic rings. The molecule has 17 heavy (non-hydrogen) atoms. The summed E-state index contributed by atoms with van der Waals surface area (Å²) >= 11 is 0. The largest absolute Gasteiger partial charge is 0.330 e. The zero-order chi connectivity index (χ0) is 12.0. The molecule has 2 aliphatic rings. The molecule has 0 spiro atoms. The highest BCUT2D eigenvalue weighted by atomic mass is 14.9. The topological polar surface area (TPSA) is 38.0 Å². The van der Waals surface area contributed by atoms with Crippen LogP contribution in [0.4, 0.5) is 0 Å². The summed E-state index contributed by atoms with van der Waals surface area (Å²) in [6.45, 7) is 2.06. The highest BCUT2D eigenvalue weighted by molar-refractivity contribution is 4.87. The van der Waals surface area contributed by atoms with Gasteiger partial charge in [-0.25, -0.2) is 0 Å². The first-order valence-corrected chi connectivity index (χ1v) is 7.78. The van der Waals surface area contributed by atoms with Crippen molar-refractivity contribution in [2.45, 2.75) is 76.7 Å². The maximum Gasteiger partial charge on any atom is 0.00673 e. The van der Waals surface area contributed by atoms with Crippen molar-refractivity contribution in [1.82, 2.24) is 5.32 Å². The van der Waals surface area contributed by atoms with Gasteiger partial charge in [-0.3, -0.25) is 0 Å². The van der Waals surface area contributed by atoms with Crippen molar-refractivity contribution in [3.8, 4) is 0 Å². The summed E-state index contributed by atoms with van der Waals surface area (Å²) < 4.78 is 0. The predicted molar refractivity (Wildman–Crippen MR) is 74.1 cm³/mol. The Hall–Kier alpha value is -0.0800. The third kappa shape index (κ3) is 3.96. The lowest BCUT2D eigenvalue weighted by Gasteiger charge is -2.37. The first kappa shape index (κ1) is 13.4. The molecule has 2 heteroatoms. The van der Waals surface area contributed by atoms with Crippen molar-refractivity contribution >= 4 is 0 Å². The van der Waals surface area contributed by atoms with Crippen LogP contribution < -0.4 is 11.1 Å². The number of hydrogen-bond acceptors (Lipinski definition) is 2. The number of hydrogen-bond donors (Lipinski definition) is 2. The Morgan fingerprint density at radius 2 is 1.47 bits per heavy atom. The summed E-state index contributed by atoms with van der Waals surface area (Å²) in [5.74, 6) is 0. The van der Waals surface area contributed by atoms with E-state index in [2.05, 4.69) is 5.32 Å². The van der Waals surface area contributed by atoms with Crippen molar-refractivity contribution in [1.29, 1.82) is 0 Å². The van der Waals surface area contributed by atoms with Gasteiger partial charge in [0.2, 0.25) is 0 Å². The van der Waals surface area contributed by atoms with Gasteiger partial charge in [0.25, 0.3) is 0 Å². The molecular weight excluding hydrogens is 208 g/mol. The molecule has 0 atom stereocenters. The Bertz CT molecular complexity index is 201. The van der Waals surface area contributed by atoms with Gasteiger partial charge in [-0.15, -0.1) is 0 Å². The molecule has 0 heterocycles. The van der Waals surface area contributed by atoms with E-state index in [1.807, 2.05) is 0 Å². The molecule has 2 nitrogen and oxygen atoms in total. The maximum absolute atomic E-state index is 6.04. The van der Waals surface area contributed by atoms with Gasteiger partial charge < -0.3 is 11.1 Å². The Kier molecular flexibility index (Phi) is 5.30. The zero-order valence-electron chi connectivity index (χ0n) is 11.3. The average molecular weight is 238 g/mol. The smallest absolute Gasteiger partial charge is 0.00673 e. The fourth-order valence-electron chi connectivity index (χ4n) is 3.60. The Balaban J connectivity index is 1.77. The Morgan fingerprint density at radius 3 is 2.06 bits per heavy atom. The Labute approximate surface area is 107 Å². The molecule has 2 aliphatic carbocycles. The van der Waals surface area contributed by atoms with Gasteiger partial charge in [-0.1, -0.05) is 44.9 Å². The molecule has 0 aromatic carbocycles. The van der Waals surface area contributed by atoms with E-state index in [1.165, 1.54) is 77.2 Å². The minimum absolute atomic E-state index is 0.435. The normalized spacial score (nSPS) is 26.6. The standard InChI is InChI=1S/C15H30N2/c16-12-15(10-6-3-7-11-15)13-17-14-8-4-1-2-5-9-14/h14,17H,1-13,16H2. The van der Waals surface area contributed by atoms with Crippen molar-refractivity contribution < 1.29 is 0 Å². The van der Waals surface area contributed by atoms with Crippen molar-refractivity contribution in [2.75, 3.05) is 13.1 Å². The van der Waals surface area contributed by atoms with Crippen LogP contribution in [0.5, 0.6) is 0 Å². The van der Waals surface area contributed by atoms with Crippen molar-refractivity contribution in [2.24, 2.45) is 11.1 Å². The highest BCUT2D eigenvalue weighted by Crippen LogP contribution is 2.35. The molecule has 3 N–H and O–H groups in total. The lowest BCUT2D eigenvalue weighted by Crippen LogP contribution is -2.45. The van der Waals surface area contributed by atoms with E-state index in [0.717, 1.165) is 12.6 Å². The van der Waals surface area contributed by atoms with Gasteiger partial charge in [0.1, 0.15) is 0 Å². The SMILES string of the molecule is NCC1(CNC2CCCCCC2)CCCCC1. The van der Waals surface area contributed by atoms with E-state index in [4.69, 9.17) is 5.73 Å². The second-order valence-electron chi connectivity index (χ2n) is 6.33. The molecular formula is C15H30N2. The van der Waals surface area contributed by atoms with Crippen LogP contribution in [-0.4, -0.2) is 19.1 Å². The van der Waals surface area contributed by atoms with Crippen LogP contribution in [0.3, 0.4) is 0 Å². The summed E-state index contributed by atoms with van der Waals surface area (Å²) in [6.07, 6.45) is 15.4. The van der Waals surface area contributed by atoms with E-state index in [9.17, 15) is 0 Å². The molecule has 2 fully saturated rings. The lowest BCUT2D eigenvalue weighted by atomic mass is 9.74. The van der Waals surface area contributed by atoms with E-state index >= 15 is 0 Å². The van der Waals surface area contributed by atoms with Crippen LogP contribution in [0.1, 0.15) is 70.6 Å². The maximum atomic E-state index is 6.04. The number of rotatable bonds is 4. The van der Waals surface area contributed by atoms with E-state index in [-0.39, 0.29) is 0 Å². The van der Waals surface area contributed by atoms with E-state index in [1.54, 1.807) is 0 Å². The van der Waals surface area contributed by atoms with Crippen LogP contribution >= 0.6 is 0 Å². The van der Waals surface area contributed by atoms with Gasteiger partial charge in [0, 0.05) is 12.6 Å². The van der Waals surface area contributed by atoms with Gasteiger partial charge in [-0.2, -0.15) is 0 Å². The van der Waals surface area contributed by atoms with Crippen molar-refractivity contribution in [3.63, 3.8) is 0 Å². The second kappa shape index (κ2) is 6.75. The third-order valence-electron chi connectivity index (χ3n) is 4.97. The fourth-order valence-corrected chi connectivity index (χ4v) is 3.60. The molecule has 100 valence electrons. The summed E-state index contributed by atoms with van der Waals surface area (Å²) in [4.78, 5) is 0. The van der Waals surface area contributed by atoms with Crippen LogP contribution in [0.15, 0.2) is 0 Å². The molecule has 2 rings (SSSR count). The minimum atomic E-state index is 0.435. The quantitative estimate of drug-likeness (QED) is 0.738. The number of nitrogens with two attached hydrogens (primary N) is 1. The molecule has 0 bridgehead atoms. The minimum Gasteiger partial charge on any atom is -0.330 e. The molecule has 0 aromatic heterocycles. The lowest BCUT2D eigenvalue weighted by molar-refractivity contribution is 0.182. The fraction of sp³-hybridized carbons (Fsp3) is 1.00. The van der Waals surface area contributed by atoms with Gasteiger partial charge in [-0.05, 0) is 37.6 Å². The van der Waals surface area contributed by atoms with E-state index in [0.29, 0.717) is 5.41 Å². The highest BCUT2D eigenvalue weighted by Gasteiger charge is 2.30. The van der Waals surface area contributed by atoms with Crippen LogP contribution in [0.2, 0.25) is 0 Å². The molecule has 0 unspecified atom stereocenters. The molecule has 2 saturated carbocycles. The molecule has 0 aliphatic heterocycles. The average Bonchev–Trinajstić information content (AvgIpc) is 2.66. The third-order valence-corrected chi connectivity index (χ3v) is 4.97. The zero-order valence-corrected chi connectivity index (χ0v) is 11.3. The predicted octanol–water partition coefficient (Wildman–Crippen LogP) is 3.21. The molecule has 0 amide bonds.